The van der Waals surface area contributed by atoms with Gasteiger partial charge in [0.05, 0.1) is 6.26 Å². The van der Waals surface area contributed by atoms with Crippen molar-refractivity contribution in [3.05, 3.63) is 41.8 Å². The number of sulfonamides is 1. The van der Waals surface area contributed by atoms with Crippen LogP contribution in [0.2, 0.25) is 0 Å². The molecule has 2 aromatic heterocycles. The molecule has 1 unspecified atom stereocenters. The van der Waals surface area contributed by atoms with Crippen molar-refractivity contribution < 1.29 is 17.7 Å². The number of aryl methyl sites for hydroxylation is 1. The fourth-order valence-electron chi connectivity index (χ4n) is 2.86. The third kappa shape index (κ3) is 3.85. The van der Waals surface area contributed by atoms with Gasteiger partial charge in [0, 0.05) is 25.8 Å². The van der Waals surface area contributed by atoms with Gasteiger partial charge < -0.3 is 9.42 Å². The Morgan fingerprint density at radius 3 is 2.68 bits per heavy atom. The number of hydrogen-bond donors (Lipinski definition) is 0. The largest absolute Gasteiger partial charge is 0.338 e. The minimum atomic E-state index is -3.50. The summed E-state index contributed by atoms with van der Waals surface area (Å²) >= 11 is 0. The van der Waals surface area contributed by atoms with E-state index in [-0.39, 0.29) is 24.9 Å². The maximum Gasteiger partial charge on any atom is 0.272 e. The molecule has 0 bridgehead atoms. The molecule has 1 fully saturated rings. The molecule has 1 atom stereocenters. The molecule has 9 nitrogen and oxygen atoms in total. The molecule has 134 valence electrons. The molecule has 10 heteroatoms. The Labute approximate surface area is 145 Å². The first-order chi connectivity index (χ1) is 11.9. The van der Waals surface area contributed by atoms with E-state index in [1.165, 1.54) is 4.31 Å². The summed E-state index contributed by atoms with van der Waals surface area (Å²) in [5, 5.41) is 3.74. The standard InChI is InChI=1S/C15H19N5O4S/c1-11-17-14(24-18-11)13-6-8-19(9-10-20(13)25(2,22)23)15(21)12-5-3-4-7-16-12/h3-5,7,13H,6,8-10H2,1-2H3. The molecule has 1 saturated heterocycles. The molecule has 25 heavy (non-hydrogen) atoms. The van der Waals surface area contributed by atoms with Crippen molar-refractivity contribution in [2.45, 2.75) is 19.4 Å². The fourth-order valence-corrected chi connectivity index (χ4v) is 3.93. The maximum atomic E-state index is 12.6. The minimum absolute atomic E-state index is 0.156. The fraction of sp³-hybridized carbons (Fsp3) is 0.467. The van der Waals surface area contributed by atoms with E-state index in [1.807, 2.05) is 0 Å². The lowest BCUT2D eigenvalue weighted by Crippen LogP contribution is -2.38. The highest BCUT2D eigenvalue weighted by atomic mass is 32.2. The Bertz CT molecular complexity index is 852. The Morgan fingerprint density at radius 2 is 2.08 bits per heavy atom. The zero-order valence-corrected chi connectivity index (χ0v) is 14.8. The third-order valence-corrected chi connectivity index (χ3v) is 5.32. The van der Waals surface area contributed by atoms with E-state index in [4.69, 9.17) is 4.52 Å². The summed E-state index contributed by atoms with van der Waals surface area (Å²) in [6.45, 7) is 2.47. The first-order valence-corrected chi connectivity index (χ1v) is 9.68. The molecule has 3 rings (SSSR count). The second-order valence-corrected chi connectivity index (χ2v) is 7.80. The SMILES string of the molecule is Cc1noc(C2CCN(C(=O)c3ccccn3)CCN2S(C)(=O)=O)n1. The molecule has 0 spiro atoms. The van der Waals surface area contributed by atoms with Crippen LogP contribution in [0.1, 0.15) is 34.7 Å². The molecule has 1 amide bonds. The summed E-state index contributed by atoms with van der Waals surface area (Å²) in [6.07, 6.45) is 3.06. The predicted octanol–water partition coefficient (Wildman–Crippen LogP) is 0.622. The number of aromatic nitrogens is 3. The van der Waals surface area contributed by atoms with Gasteiger partial charge in [0.2, 0.25) is 15.9 Å². The summed E-state index contributed by atoms with van der Waals surface area (Å²) in [5.41, 5.74) is 0.334. The molecular weight excluding hydrogens is 346 g/mol. The quantitative estimate of drug-likeness (QED) is 0.784. The number of amides is 1. The van der Waals surface area contributed by atoms with Gasteiger partial charge in [-0.05, 0) is 25.5 Å². The van der Waals surface area contributed by atoms with E-state index in [0.29, 0.717) is 24.5 Å². The van der Waals surface area contributed by atoms with E-state index in [9.17, 15) is 13.2 Å². The van der Waals surface area contributed by atoms with Crippen LogP contribution in [0.25, 0.3) is 0 Å². The van der Waals surface area contributed by atoms with Crippen molar-refractivity contribution in [3.63, 3.8) is 0 Å². The smallest absolute Gasteiger partial charge is 0.272 e. The van der Waals surface area contributed by atoms with Gasteiger partial charge in [-0.15, -0.1) is 0 Å². The highest BCUT2D eigenvalue weighted by Crippen LogP contribution is 2.28. The second-order valence-electron chi connectivity index (χ2n) is 5.87. The van der Waals surface area contributed by atoms with E-state index in [1.54, 1.807) is 36.2 Å². The van der Waals surface area contributed by atoms with Crippen LogP contribution in [0.15, 0.2) is 28.9 Å². The van der Waals surface area contributed by atoms with Gasteiger partial charge in [-0.3, -0.25) is 9.78 Å². The van der Waals surface area contributed by atoms with Crippen LogP contribution in [0.5, 0.6) is 0 Å². The van der Waals surface area contributed by atoms with Crippen LogP contribution in [-0.4, -0.2) is 64.5 Å². The number of carbonyl (C=O) groups is 1. The third-order valence-electron chi connectivity index (χ3n) is 4.04. The summed E-state index contributed by atoms with van der Waals surface area (Å²) in [7, 11) is -3.50. The average Bonchev–Trinajstić information content (AvgIpc) is 2.88. The molecule has 0 saturated carbocycles. The topological polar surface area (TPSA) is 110 Å². The molecule has 0 aromatic carbocycles. The molecule has 1 aliphatic heterocycles. The minimum Gasteiger partial charge on any atom is -0.338 e. The normalized spacial score (nSPS) is 19.6. The second kappa shape index (κ2) is 6.89. The highest BCUT2D eigenvalue weighted by Gasteiger charge is 2.36. The monoisotopic (exact) mass is 365 g/mol. The van der Waals surface area contributed by atoms with Crippen molar-refractivity contribution in [2.75, 3.05) is 25.9 Å². The van der Waals surface area contributed by atoms with Crippen LogP contribution in [-0.2, 0) is 10.0 Å². The van der Waals surface area contributed by atoms with E-state index >= 15 is 0 Å². The molecular formula is C15H19N5O4S. The first kappa shape index (κ1) is 17.5. The van der Waals surface area contributed by atoms with Gasteiger partial charge >= 0.3 is 0 Å². The maximum absolute atomic E-state index is 12.6. The summed E-state index contributed by atoms with van der Waals surface area (Å²) in [5.74, 6) is 0.459. The summed E-state index contributed by atoms with van der Waals surface area (Å²) < 4.78 is 30.9. The van der Waals surface area contributed by atoms with Gasteiger partial charge in [0.1, 0.15) is 11.7 Å². The molecule has 3 heterocycles. The van der Waals surface area contributed by atoms with Crippen molar-refractivity contribution in [2.24, 2.45) is 0 Å². The predicted molar refractivity (Wildman–Crippen MR) is 88.1 cm³/mol. The number of rotatable bonds is 3. The number of pyridine rings is 1. The Morgan fingerprint density at radius 1 is 1.28 bits per heavy atom. The van der Waals surface area contributed by atoms with Crippen LogP contribution in [0.3, 0.4) is 0 Å². The van der Waals surface area contributed by atoms with E-state index in [2.05, 4.69) is 15.1 Å². The molecule has 2 aromatic rings. The Hall–Kier alpha value is -2.33. The zero-order valence-electron chi connectivity index (χ0n) is 14.0. The Kier molecular flexibility index (Phi) is 4.82. The average molecular weight is 365 g/mol. The highest BCUT2D eigenvalue weighted by molar-refractivity contribution is 7.88. The molecule has 0 N–H and O–H groups in total. The number of nitrogens with zero attached hydrogens (tertiary/aromatic N) is 5. The summed E-state index contributed by atoms with van der Waals surface area (Å²) in [6, 6.07) is 4.53. The Balaban J connectivity index is 1.85. The zero-order chi connectivity index (χ0) is 18.0. The summed E-state index contributed by atoms with van der Waals surface area (Å²) in [4.78, 5) is 22.4. The molecule has 0 aliphatic carbocycles. The van der Waals surface area contributed by atoms with Crippen molar-refractivity contribution in [1.82, 2.24) is 24.3 Å². The van der Waals surface area contributed by atoms with Crippen LogP contribution >= 0.6 is 0 Å². The first-order valence-electron chi connectivity index (χ1n) is 7.83. The van der Waals surface area contributed by atoms with Gasteiger partial charge in [-0.25, -0.2) is 8.42 Å². The van der Waals surface area contributed by atoms with Gasteiger partial charge in [-0.1, -0.05) is 11.2 Å². The van der Waals surface area contributed by atoms with E-state index in [0.717, 1.165) is 6.26 Å². The van der Waals surface area contributed by atoms with Gasteiger partial charge in [0.15, 0.2) is 5.82 Å². The van der Waals surface area contributed by atoms with Crippen LogP contribution < -0.4 is 0 Å². The van der Waals surface area contributed by atoms with Gasteiger partial charge in [-0.2, -0.15) is 9.29 Å². The van der Waals surface area contributed by atoms with Crippen molar-refractivity contribution in [3.8, 4) is 0 Å². The van der Waals surface area contributed by atoms with Crippen molar-refractivity contribution >= 4 is 15.9 Å². The lowest BCUT2D eigenvalue weighted by molar-refractivity contribution is 0.0758. The van der Waals surface area contributed by atoms with Crippen molar-refractivity contribution in [1.29, 1.82) is 0 Å². The molecule has 0 radical (unpaired) electrons. The van der Waals surface area contributed by atoms with E-state index < -0.39 is 16.1 Å². The lowest BCUT2D eigenvalue weighted by Gasteiger charge is -2.24. The lowest BCUT2D eigenvalue weighted by atomic mass is 10.2. The number of carbonyl (C=O) groups excluding carboxylic acids is 1. The van der Waals surface area contributed by atoms with Crippen LogP contribution in [0.4, 0.5) is 0 Å². The number of hydrogen-bond acceptors (Lipinski definition) is 7. The van der Waals surface area contributed by atoms with Crippen LogP contribution in [0, 0.1) is 6.92 Å². The molecule has 1 aliphatic rings. The van der Waals surface area contributed by atoms with Gasteiger partial charge in [0.25, 0.3) is 5.91 Å².